The van der Waals surface area contributed by atoms with Gasteiger partial charge in [0, 0.05) is 58.2 Å². The van der Waals surface area contributed by atoms with Gasteiger partial charge in [-0.2, -0.15) is 0 Å². The number of nitrogens with one attached hydrogen (secondary N) is 1. The molecule has 5 heteroatoms. The van der Waals surface area contributed by atoms with Crippen LogP contribution in [0.2, 0.25) is 0 Å². The van der Waals surface area contributed by atoms with Crippen LogP contribution in [0.25, 0.3) is 33.1 Å². The molecule has 403 valence electrons. The number of fused-ring (bicyclic) bond motifs is 2. The molecular formula is C73H87BN3O. The summed E-state index contributed by atoms with van der Waals surface area (Å²) < 4.78 is 6.28. The topological polar surface area (TPSA) is 31.6 Å². The average Bonchev–Trinajstić information content (AvgIpc) is 3.83. The van der Waals surface area contributed by atoms with E-state index in [1.807, 2.05) is 24.3 Å². The van der Waals surface area contributed by atoms with E-state index in [9.17, 15) is 0 Å². The second-order valence-electron chi connectivity index (χ2n) is 24.9. The van der Waals surface area contributed by atoms with Crippen LogP contribution < -0.4 is 15.1 Å². The highest BCUT2D eigenvalue weighted by molar-refractivity contribution is 6.48. The van der Waals surface area contributed by atoms with Crippen molar-refractivity contribution in [2.24, 2.45) is 16.7 Å². The molecule has 0 aliphatic carbocycles. The highest BCUT2D eigenvalue weighted by Crippen LogP contribution is 2.35. The van der Waals surface area contributed by atoms with E-state index in [1.165, 1.54) is 11.1 Å². The lowest BCUT2D eigenvalue weighted by Crippen LogP contribution is -2.25. The Morgan fingerprint density at radius 1 is 0.628 bits per heavy atom. The van der Waals surface area contributed by atoms with E-state index in [1.54, 1.807) is 0 Å². The minimum Gasteiger partial charge on any atom is -0.456 e. The minimum absolute atomic E-state index is 0.00727. The van der Waals surface area contributed by atoms with Gasteiger partial charge in [-0.3, -0.25) is 0 Å². The first-order chi connectivity index (χ1) is 36.7. The zero-order valence-electron chi connectivity index (χ0n) is 49.5. The summed E-state index contributed by atoms with van der Waals surface area (Å²) in [5.41, 5.74) is 12.5. The van der Waals surface area contributed by atoms with Crippen LogP contribution in [0, 0.1) is 16.7 Å². The molecule has 1 atom stereocenters. The Labute approximate surface area is 471 Å². The van der Waals surface area contributed by atoms with Gasteiger partial charge in [-0.1, -0.05) is 232 Å². The van der Waals surface area contributed by atoms with Gasteiger partial charge in [0.25, 0.3) is 0 Å². The second kappa shape index (κ2) is 25.8. The monoisotopic (exact) mass is 1030 g/mol. The number of benzene rings is 5. The maximum atomic E-state index is 6.28. The predicted molar refractivity (Wildman–Crippen MR) is 345 cm³/mol. The molecule has 0 fully saturated rings. The Bertz CT molecular complexity index is 3250. The molecule has 0 aliphatic rings. The quantitative estimate of drug-likeness (QED) is 0.0575. The van der Waals surface area contributed by atoms with Gasteiger partial charge in [-0.05, 0) is 133 Å². The van der Waals surface area contributed by atoms with Crippen molar-refractivity contribution in [1.82, 2.24) is 0 Å². The normalized spacial score (nSPS) is 13.7. The van der Waals surface area contributed by atoms with Crippen molar-refractivity contribution in [3.8, 4) is 11.3 Å². The Morgan fingerprint density at radius 3 is 1.87 bits per heavy atom. The number of hydrogen-bond donors (Lipinski definition) is 1. The van der Waals surface area contributed by atoms with Crippen LogP contribution in [-0.4, -0.2) is 13.3 Å². The lowest BCUT2D eigenvalue weighted by molar-refractivity contribution is 0.517. The average molecular weight is 1030 g/mol. The standard InChI is InChI=1S/C73H87BN3O/c1-19-60(71(10,11)12)27-24-45-76(66-40-32-56-48-59(31-30-57(56)49-66)69-50-58-26-20-21-28-68(58)78-69)55(6)47-64(75-63-37-33-61(34-38-63)72(13,14)15)43-46-77(65-41-35-62(36-42-65)73(16,17)18)67(39-29-54(5)70(7,8)9)51-74-44-23-22-25-53(4)52(2)3/h19-46,48-52,64,75H,1,4-6,47H2,2-3,7-18H3/b25-22-,39-29-,44-23+,45-24+,46-43+,60-27+,67-51-. The van der Waals surface area contributed by atoms with Crippen LogP contribution in [0.3, 0.4) is 0 Å². The summed E-state index contributed by atoms with van der Waals surface area (Å²) >= 11 is 0. The number of rotatable bonds is 21. The number of hydrogen-bond acceptors (Lipinski definition) is 4. The predicted octanol–water partition coefficient (Wildman–Crippen LogP) is 20.7. The molecule has 1 heterocycles. The molecule has 1 aromatic heterocycles. The minimum atomic E-state index is -0.205. The van der Waals surface area contributed by atoms with Crippen molar-refractivity contribution in [3.63, 3.8) is 0 Å². The maximum Gasteiger partial charge on any atom is 0.174 e. The molecule has 0 aliphatic heterocycles. The Balaban J connectivity index is 1.47. The summed E-state index contributed by atoms with van der Waals surface area (Å²) in [6, 6.07) is 41.0. The van der Waals surface area contributed by atoms with Gasteiger partial charge in [0.2, 0.25) is 0 Å². The number of nitrogens with zero attached hydrogens (tertiary/aromatic N) is 2. The van der Waals surface area contributed by atoms with Crippen LogP contribution in [0.5, 0.6) is 0 Å². The van der Waals surface area contributed by atoms with E-state index in [0.717, 1.165) is 78.2 Å². The third-order valence-corrected chi connectivity index (χ3v) is 14.1. The van der Waals surface area contributed by atoms with Gasteiger partial charge in [0.1, 0.15) is 11.3 Å². The van der Waals surface area contributed by atoms with Crippen LogP contribution in [0.15, 0.2) is 253 Å². The first kappa shape index (κ1) is 59.7. The van der Waals surface area contributed by atoms with Crippen molar-refractivity contribution in [3.05, 3.63) is 260 Å². The summed E-state index contributed by atoms with van der Waals surface area (Å²) in [6.07, 6.45) is 23.9. The van der Waals surface area contributed by atoms with E-state index < -0.39 is 0 Å². The molecule has 1 unspecified atom stereocenters. The Kier molecular flexibility index (Phi) is 19.7. The summed E-state index contributed by atoms with van der Waals surface area (Å²) in [6.45, 7) is 48.8. The van der Waals surface area contributed by atoms with E-state index >= 15 is 0 Å². The SMILES string of the molecule is C=C/C(=C\C=C\N(C(=C)CC(/C=C/N(C(/C=C\C(=C)C(C)(C)C)=C\[B]/C=C/C=C\C(=C)C(C)C)c1ccc(C(C)(C)C)cc1)Nc1ccc(C(C)(C)C)cc1)c1ccc2cc(-c3cc4ccccc4o3)ccc2c1)C(C)(C)C. The third kappa shape index (κ3) is 16.8. The summed E-state index contributed by atoms with van der Waals surface area (Å²) in [5, 5.41) is 7.27. The molecule has 0 saturated carbocycles. The van der Waals surface area contributed by atoms with Crippen LogP contribution in [0.4, 0.5) is 17.1 Å². The second-order valence-corrected chi connectivity index (χ2v) is 24.9. The molecule has 4 nitrogen and oxygen atoms in total. The number of anilines is 3. The first-order valence-electron chi connectivity index (χ1n) is 27.6. The molecule has 0 spiro atoms. The molecular weight excluding hydrogens is 946 g/mol. The van der Waals surface area contributed by atoms with Crippen LogP contribution in [-0.2, 0) is 10.8 Å². The Morgan fingerprint density at radius 2 is 1.26 bits per heavy atom. The largest absolute Gasteiger partial charge is 0.456 e. The van der Waals surface area contributed by atoms with Crippen molar-refractivity contribution < 1.29 is 4.42 Å². The van der Waals surface area contributed by atoms with Gasteiger partial charge < -0.3 is 19.5 Å². The van der Waals surface area contributed by atoms with Gasteiger partial charge in [0.15, 0.2) is 7.28 Å². The van der Waals surface area contributed by atoms with E-state index in [0.29, 0.717) is 12.3 Å². The number of furan rings is 1. The maximum absolute atomic E-state index is 6.28. The van der Waals surface area contributed by atoms with Crippen molar-refractivity contribution in [2.75, 3.05) is 15.1 Å². The summed E-state index contributed by atoms with van der Waals surface area (Å²) in [4.78, 5) is 4.49. The van der Waals surface area contributed by atoms with Crippen molar-refractivity contribution in [1.29, 1.82) is 0 Å². The van der Waals surface area contributed by atoms with Crippen molar-refractivity contribution in [2.45, 2.75) is 120 Å². The first-order valence-corrected chi connectivity index (χ1v) is 27.6. The molecule has 0 saturated heterocycles. The zero-order chi connectivity index (χ0) is 57.0. The van der Waals surface area contributed by atoms with Crippen molar-refractivity contribution >= 4 is 46.1 Å². The van der Waals surface area contributed by atoms with Gasteiger partial charge in [-0.15, -0.1) is 5.98 Å². The lowest BCUT2D eigenvalue weighted by Gasteiger charge is -2.28. The number of allylic oxidation sites excluding steroid dienone is 11. The van der Waals surface area contributed by atoms with E-state index in [4.69, 9.17) is 11.0 Å². The van der Waals surface area contributed by atoms with Crippen LogP contribution in [0.1, 0.15) is 114 Å². The number of para-hydroxylation sites is 1. The third-order valence-electron chi connectivity index (χ3n) is 14.1. The molecule has 5 aromatic carbocycles. The summed E-state index contributed by atoms with van der Waals surface area (Å²) in [5.74, 6) is 5.47. The molecule has 6 rings (SSSR count). The van der Waals surface area contributed by atoms with Crippen LogP contribution >= 0.6 is 0 Å². The van der Waals surface area contributed by atoms with Gasteiger partial charge >= 0.3 is 0 Å². The molecule has 6 aromatic rings. The molecule has 1 radical (unpaired) electrons. The fourth-order valence-corrected chi connectivity index (χ4v) is 8.63. The fourth-order valence-electron chi connectivity index (χ4n) is 8.63. The van der Waals surface area contributed by atoms with E-state index in [2.05, 4.69) is 309 Å². The smallest absolute Gasteiger partial charge is 0.174 e. The highest BCUT2D eigenvalue weighted by atomic mass is 16.3. The summed E-state index contributed by atoms with van der Waals surface area (Å²) in [7, 11) is 2.10. The van der Waals surface area contributed by atoms with Gasteiger partial charge in [0.05, 0.1) is 6.04 Å². The van der Waals surface area contributed by atoms with Gasteiger partial charge in [-0.25, -0.2) is 0 Å². The molecule has 1 N–H and O–H groups in total. The molecule has 0 bridgehead atoms. The Hall–Kier alpha value is -7.50. The lowest BCUT2D eigenvalue weighted by atomic mass is 9.77. The van der Waals surface area contributed by atoms with E-state index in [-0.39, 0.29) is 27.7 Å². The fraction of sp³-hybridized carbons (Fsp3) is 0.288. The molecule has 78 heavy (non-hydrogen) atoms. The zero-order valence-corrected chi connectivity index (χ0v) is 49.5. The highest BCUT2D eigenvalue weighted by Gasteiger charge is 2.20. The molecule has 0 amide bonds.